The molecule has 2 N–H and O–H groups in total. The molecule has 30 heavy (non-hydrogen) atoms. The van der Waals surface area contributed by atoms with Gasteiger partial charge >= 0.3 is 0 Å². The van der Waals surface area contributed by atoms with E-state index in [0.717, 1.165) is 41.3 Å². The van der Waals surface area contributed by atoms with Crippen LogP contribution >= 0.6 is 0 Å². The SMILES string of the molecule is C1=Cc2ncccc2Nc2ccccc21.c1ccc2c(c1)CCc1ncccc1N2. The van der Waals surface area contributed by atoms with Gasteiger partial charge in [0.2, 0.25) is 0 Å². The maximum Gasteiger partial charge on any atom is 0.0864 e. The van der Waals surface area contributed by atoms with E-state index in [1.54, 1.807) is 6.20 Å². The minimum absolute atomic E-state index is 0.980. The maximum absolute atomic E-state index is 4.40. The van der Waals surface area contributed by atoms with Crippen LogP contribution in [-0.4, -0.2) is 9.97 Å². The summed E-state index contributed by atoms with van der Waals surface area (Å²) in [6.45, 7) is 0. The largest absolute Gasteiger partial charge is 0.354 e. The lowest BCUT2D eigenvalue weighted by atomic mass is 10.1. The van der Waals surface area contributed by atoms with Gasteiger partial charge in [-0.1, -0.05) is 42.5 Å². The maximum atomic E-state index is 4.40. The Morgan fingerprint density at radius 2 is 1.27 bits per heavy atom. The molecule has 0 fully saturated rings. The first-order valence-corrected chi connectivity index (χ1v) is 10.1. The van der Waals surface area contributed by atoms with Crippen molar-refractivity contribution in [3.8, 4) is 0 Å². The molecule has 0 aliphatic carbocycles. The molecule has 0 bridgehead atoms. The Hall–Kier alpha value is -3.92. The van der Waals surface area contributed by atoms with Crippen LogP contribution in [0.5, 0.6) is 0 Å². The third-order valence-corrected chi connectivity index (χ3v) is 5.30. The number of hydrogen-bond donors (Lipinski definition) is 2. The van der Waals surface area contributed by atoms with Gasteiger partial charge in [-0.25, -0.2) is 0 Å². The third-order valence-electron chi connectivity index (χ3n) is 5.30. The van der Waals surface area contributed by atoms with Gasteiger partial charge in [-0.15, -0.1) is 0 Å². The van der Waals surface area contributed by atoms with Crippen molar-refractivity contribution < 1.29 is 0 Å². The minimum Gasteiger partial charge on any atom is -0.354 e. The number of pyridine rings is 2. The lowest BCUT2D eigenvalue weighted by Crippen LogP contribution is -1.94. The van der Waals surface area contributed by atoms with E-state index in [-0.39, 0.29) is 0 Å². The molecule has 2 aromatic heterocycles. The number of para-hydroxylation sites is 2. The van der Waals surface area contributed by atoms with E-state index in [4.69, 9.17) is 0 Å². The molecule has 0 saturated carbocycles. The van der Waals surface area contributed by atoms with Gasteiger partial charge in [-0.2, -0.15) is 0 Å². The summed E-state index contributed by atoms with van der Waals surface area (Å²) in [4.78, 5) is 8.71. The Bertz CT molecular complexity index is 1120. The zero-order chi connectivity index (χ0) is 20.2. The smallest absolute Gasteiger partial charge is 0.0864 e. The molecule has 0 amide bonds. The van der Waals surface area contributed by atoms with Crippen molar-refractivity contribution in [2.75, 3.05) is 10.6 Å². The fourth-order valence-electron chi connectivity index (χ4n) is 3.74. The van der Waals surface area contributed by atoms with E-state index in [2.05, 4.69) is 69.1 Å². The van der Waals surface area contributed by atoms with Crippen LogP contribution in [0.4, 0.5) is 22.7 Å². The van der Waals surface area contributed by atoms with Crippen LogP contribution in [-0.2, 0) is 12.8 Å². The first kappa shape index (κ1) is 18.1. The van der Waals surface area contributed by atoms with Crippen LogP contribution in [0.3, 0.4) is 0 Å². The van der Waals surface area contributed by atoms with Crippen LogP contribution in [0, 0.1) is 0 Å². The van der Waals surface area contributed by atoms with Crippen molar-refractivity contribution in [1.29, 1.82) is 0 Å². The average molecular weight is 390 g/mol. The summed E-state index contributed by atoms with van der Waals surface area (Å²) in [6.07, 6.45) is 9.86. The second kappa shape index (κ2) is 8.21. The molecule has 0 radical (unpaired) electrons. The summed E-state index contributed by atoms with van der Waals surface area (Å²) >= 11 is 0. The molecule has 2 aliphatic heterocycles. The quantitative estimate of drug-likeness (QED) is 0.329. The number of rotatable bonds is 0. The van der Waals surface area contributed by atoms with E-state index in [1.807, 2.05) is 42.6 Å². The van der Waals surface area contributed by atoms with E-state index >= 15 is 0 Å². The fourth-order valence-corrected chi connectivity index (χ4v) is 3.74. The predicted octanol–water partition coefficient (Wildman–Crippen LogP) is 6.23. The molecule has 6 rings (SSSR count). The minimum atomic E-state index is 0.980. The summed E-state index contributed by atoms with van der Waals surface area (Å²) in [7, 11) is 0. The van der Waals surface area contributed by atoms with Gasteiger partial charge in [0.15, 0.2) is 0 Å². The van der Waals surface area contributed by atoms with E-state index < -0.39 is 0 Å². The summed E-state index contributed by atoms with van der Waals surface area (Å²) in [6, 6.07) is 24.7. The number of nitrogens with one attached hydrogen (secondary N) is 2. The Labute approximate surface area is 176 Å². The molecule has 4 heteroatoms. The zero-order valence-electron chi connectivity index (χ0n) is 16.5. The molecule has 0 atom stereocenters. The fraction of sp³-hybridized carbons (Fsp3) is 0.0769. The van der Waals surface area contributed by atoms with Crippen molar-refractivity contribution in [2.24, 2.45) is 0 Å². The van der Waals surface area contributed by atoms with Gasteiger partial charge in [0.25, 0.3) is 0 Å². The first-order valence-electron chi connectivity index (χ1n) is 10.1. The number of aromatic nitrogens is 2. The van der Waals surface area contributed by atoms with Crippen molar-refractivity contribution >= 4 is 34.9 Å². The standard InChI is InChI=1S/C13H12N2.C13H10N2/c2*1-2-5-11-10(4-1)7-8-12-13(15-11)6-3-9-14-12/h1-6,9,15H,7-8H2;1-9,15H. The molecule has 4 aromatic rings. The van der Waals surface area contributed by atoms with Gasteiger partial charge < -0.3 is 10.6 Å². The lowest BCUT2D eigenvalue weighted by molar-refractivity contribution is 0.931. The number of aryl methyl sites for hydroxylation is 2. The molecule has 4 heterocycles. The predicted molar refractivity (Wildman–Crippen MR) is 124 cm³/mol. The molecule has 2 aliphatic rings. The molecule has 146 valence electrons. The summed E-state index contributed by atoms with van der Waals surface area (Å²) in [5.74, 6) is 0. The molecular weight excluding hydrogens is 368 g/mol. The van der Waals surface area contributed by atoms with Gasteiger partial charge in [0.05, 0.1) is 22.8 Å². The second-order valence-electron chi connectivity index (χ2n) is 7.26. The number of hydrogen-bond acceptors (Lipinski definition) is 4. The van der Waals surface area contributed by atoms with Gasteiger partial charge in [-0.05, 0) is 66.4 Å². The number of anilines is 4. The van der Waals surface area contributed by atoms with Gasteiger partial charge in [-0.3, -0.25) is 9.97 Å². The molecule has 0 saturated heterocycles. The summed E-state index contributed by atoms with van der Waals surface area (Å²) in [5.41, 5.74) is 9.24. The molecule has 0 spiro atoms. The van der Waals surface area contributed by atoms with Crippen molar-refractivity contribution in [2.45, 2.75) is 12.8 Å². The Morgan fingerprint density at radius 1 is 0.567 bits per heavy atom. The van der Waals surface area contributed by atoms with Crippen molar-refractivity contribution in [1.82, 2.24) is 9.97 Å². The molecular formula is C26H22N4. The Kier molecular flexibility index (Phi) is 4.96. The summed E-state index contributed by atoms with van der Waals surface area (Å²) < 4.78 is 0. The van der Waals surface area contributed by atoms with Gasteiger partial charge in [0, 0.05) is 23.8 Å². The highest BCUT2D eigenvalue weighted by atomic mass is 14.9. The molecule has 2 aromatic carbocycles. The first-order chi connectivity index (χ1) is 14.9. The monoisotopic (exact) mass is 390 g/mol. The Balaban J connectivity index is 0.000000128. The van der Waals surface area contributed by atoms with E-state index in [0.29, 0.717) is 0 Å². The van der Waals surface area contributed by atoms with E-state index in [9.17, 15) is 0 Å². The topological polar surface area (TPSA) is 49.8 Å². The third kappa shape index (κ3) is 3.80. The van der Waals surface area contributed by atoms with Crippen LogP contribution < -0.4 is 10.6 Å². The molecule has 0 unspecified atom stereocenters. The van der Waals surface area contributed by atoms with Gasteiger partial charge in [0.1, 0.15) is 0 Å². The number of benzene rings is 2. The molecule has 4 nitrogen and oxygen atoms in total. The zero-order valence-corrected chi connectivity index (χ0v) is 16.5. The van der Waals surface area contributed by atoms with Crippen LogP contribution in [0.15, 0.2) is 85.2 Å². The number of nitrogens with zero attached hydrogens (tertiary/aromatic N) is 2. The highest BCUT2D eigenvalue weighted by Gasteiger charge is 2.11. The Morgan fingerprint density at radius 3 is 2.20 bits per heavy atom. The number of fused-ring (bicyclic) bond motifs is 4. The van der Waals surface area contributed by atoms with Crippen LogP contribution in [0.1, 0.15) is 22.5 Å². The normalized spacial score (nSPS) is 12.8. The van der Waals surface area contributed by atoms with Crippen LogP contribution in [0.2, 0.25) is 0 Å². The highest BCUT2D eigenvalue weighted by Crippen LogP contribution is 2.29. The van der Waals surface area contributed by atoms with E-state index in [1.165, 1.54) is 16.8 Å². The average Bonchev–Trinajstić information content (AvgIpc) is 3.11. The van der Waals surface area contributed by atoms with Crippen LogP contribution in [0.25, 0.3) is 12.2 Å². The lowest BCUT2D eigenvalue weighted by Gasteiger charge is -2.07. The van der Waals surface area contributed by atoms with Crippen molar-refractivity contribution in [3.63, 3.8) is 0 Å². The second-order valence-corrected chi connectivity index (χ2v) is 7.26. The summed E-state index contributed by atoms with van der Waals surface area (Å²) in [5, 5.41) is 6.82. The highest BCUT2D eigenvalue weighted by molar-refractivity contribution is 5.85. The van der Waals surface area contributed by atoms with Crippen molar-refractivity contribution in [3.05, 3.63) is 108 Å².